The second-order valence-electron chi connectivity index (χ2n) is 11.8. The summed E-state index contributed by atoms with van der Waals surface area (Å²) in [5, 5.41) is 2.45. The lowest BCUT2D eigenvalue weighted by atomic mass is 9.91. The van der Waals surface area contributed by atoms with Crippen LogP contribution >= 0.6 is 8.22 Å². The summed E-state index contributed by atoms with van der Waals surface area (Å²) in [7, 11) is -0.948. The van der Waals surface area contributed by atoms with Gasteiger partial charge < -0.3 is 8.83 Å². The van der Waals surface area contributed by atoms with Crippen LogP contribution in [0.15, 0.2) is 143 Å². The minimum Gasteiger partial charge on any atom is -0.457 e. The lowest BCUT2D eigenvalue weighted by Crippen LogP contribution is -2.21. The first-order valence-electron chi connectivity index (χ1n) is 15.7. The van der Waals surface area contributed by atoms with Crippen LogP contribution in [-0.4, -0.2) is 0 Å². The van der Waals surface area contributed by atoms with Crippen molar-refractivity contribution in [3.63, 3.8) is 0 Å². The van der Waals surface area contributed by atoms with Crippen molar-refractivity contribution in [2.24, 2.45) is 0 Å². The minimum atomic E-state index is -0.948. The standard InChI is InChI=1S/C41H31N2O2P/c1-3-33-27(2)44-40-34(33)21-22-35-36-25-28(20-24-39(36)45-41(35)40)29-19-23-37-38(26-29)43(31-15-9-5-10-16-31)46(32-17-11-6-12-18-32)42(37)30-13-7-4-8-14-30/h3-20,23-26H,1,21-22H2,2H3. The largest absolute Gasteiger partial charge is 0.457 e. The number of nitrogens with zero attached hydrogens (tertiary/aromatic N) is 2. The van der Waals surface area contributed by atoms with E-state index in [-0.39, 0.29) is 0 Å². The van der Waals surface area contributed by atoms with Gasteiger partial charge in [-0.05, 0) is 79.4 Å². The van der Waals surface area contributed by atoms with Crippen molar-refractivity contribution < 1.29 is 8.83 Å². The van der Waals surface area contributed by atoms with Crippen LogP contribution in [0.25, 0.3) is 39.7 Å². The molecule has 9 rings (SSSR count). The number of benzene rings is 5. The molecule has 4 nitrogen and oxygen atoms in total. The lowest BCUT2D eigenvalue weighted by Gasteiger charge is -2.32. The van der Waals surface area contributed by atoms with Gasteiger partial charge in [0.2, 0.25) is 0 Å². The maximum atomic E-state index is 6.46. The normalized spacial score (nSPS) is 15.1. The molecule has 0 spiro atoms. The molecule has 0 amide bonds. The number of para-hydroxylation sites is 2. The minimum absolute atomic E-state index is 0.859. The van der Waals surface area contributed by atoms with Gasteiger partial charge in [-0.2, -0.15) is 0 Å². The van der Waals surface area contributed by atoms with Gasteiger partial charge in [0, 0.05) is 38.8 Å². The van der Waals surface area contributed by atoms with E-state index < -0.39 is 8.22 Å². The summed E-state index contributed by atoms with van der Waals surface area (Å²) in [4.78, 5) is 0. The molecule has 5 heteroatoms. The molecule has 222 valence electrons. The molecule has 1 aliphatic heterocycles. The maximum absolute atomic E-state index is 6.46. The molecule has 1 aliphatic carbocycles. The van der Waals surface area contributed by atoms with E-state index in [9.17, 15) is 0 Å². The fraction of sp³-hybridized carbons (Fsp3) is 0.0732. The van der Waals surface area contributed by atoms with Gasteiger partial charge in [0.1, 0.15) is 19.6 Å². The van der Waals surface area contributed by atoms with Crippen molar-refractivity contribution in [3.8, 4) is 22.6 Å². The van der Waals surface area contributed by atoms with Crippen molar-refractivity contribution in [2.75, 3.05) is 9.34 Å². The van der Waals surface area contributed by atoms with Crippen molar-refractivity contribution in [1.29, 1.82) is 0 Å². The summed E-state index contributed by atoms with van der Waals surface area (Å²) in [6.45, 7) is 6.02. The maximum Gasteiger partial charge on any atom is 0.174 e. The highest BCUT2D eigenvalue weighted by Crippen LogP contribution is 2.65. The first-order valence-corrected chi connectivity index (χ1v) is 16.9. The number of fused-ring (bicyclic) bond motifs is 6. The third kappa shape index (κ3) is 4.11. The number of rotatable bonds is 5. The number of hydrogen-bond acceptors (Lipinski definition) is 4. The Bertz CT molecular complexity index is 2250. The average Bonchev–Trinajstić information content (AvgIpc) is 3.77. The topological polar surface area (TPSA) is 32.8 Å². The zero-order chi connectivity index (χ0) is 30.8. The van der Waals surface area contributed by atoms with Crippen LogP contribution in [0, 0.1) is 6.92 Å². The molecule has 3 heterocycles. The van der Waals surface area contributed by atoms with Gasteiger partial charge in [-0.3, -0.25) is 9.34 Å². The van der Waals surface area contributed by atoms with Gasteiger partial charge in [-0.15, -0.1) is 0 Å². The summed E-state index contributed by atoms with van der Waals surface area (Å²) < 4.78 is 17.7. The monoisotopic (exact) mass is 614 g/mol. The molecule has 1 atom stereocenters. The second-order valence-corrected chi connectivity index (χ2v) is 13.7. The van der Waals surface area contributed by atoms with Gasteiger partial charge in [0.05, 0.1) is 11.4 Å². The zero-order valence-electron chi connectivity index (χ0n) is 25.5. The van der Waals surface area contributed by atoms with Crippen molar-refractivity contribution in [3.05, 3.63) is 156 Å². The Morgan fingerprint density at radius 3 is 1.91 bits per heavy atom. The first kappa shape index (κ1) is 27.0. The van der Waals surface area contributed by atoms with E-state index in [0.29, 0.717) is 0 Å². The van der Waals surface area contributed by atoms with E-state index in [1.54, 1.807) is 0 Å². The fourth-order valence-electron chi connectivity index (χ4n) is 7.09. The third-order valence-electron chi connectivity index (χ3n) is 9.19. The molecule has 1 unspecified atom stereocenters. The van der Waals surface area contributed by atoms with E-state index in [0.717, 1.165) is 46.7 Å². The highest BCUT2D eigenvalue weighted by Gasteiger charge is 2.40. The van der Waals surface area contributed by atoms with Crippen molar-refractivity contribution in [1.82, 2.24) is 0 Å². The van der Waals surface area contributed by atoms with E-state index in [2.05, 4.69) is 143 Å². The quantitative estimate of drug-likeness (QED) is 0.181. The average molecular weight is 615 g/mol. The molecular formula is C41H31N2O2P. The molecule has 0 saturated carbocycles. The van der Waals surface area contributed by atoms with E-state index in [4.69, 9.17) is 8.83 Å². The predicted octanol–water partition coefficient (Wildman–Crippen LogP) is 11.3. The van der Waals surface area contributed by atoms with Crippen molar-refractivity contribution in [2.45, 2.75) is 19.8 Å². The summed E-state index contributed by atoms with van der Waals surface area (Å²) in [6.07, 6.45) is 3.74. The molecule has 0 N–H and O–H groups in total. The smallest absolute Gasteiger partial charge is 0.174 e. The van der Waals surface area contributed by atoms with Gasteiger partial charge in [-0.25, -0.2) is 0 Å². The van der Waals surface area contributed by atoms with Crippen LogP contribution in [0.1, 0.15) is 22.5 Å². The fourth-order valence-corrected chi connectivity index (χ4v) is 9.61. The first-order chi connectivity index (χ1) is 22.7. The lowest BCUT2D eigenvalue weighted by molar-refractivity contribution is 0.511. The van der Waals surface area contributed by atoms with Crippen LogP contribution in [-0.2, 0) is 12.8 Å². The van der Waals surface area contributed by atoms with Crippen LogP contribution in [0.5, 0.6) is 0 Å². The number of furan rings is 2. The molecule has 5 aromatic carbocycles. The van der Waals surface area contributed by atoms with E-state index in [1.807, 2.05) is 13.0 Å². The summed E-state index contributed by atoms with van der Waals surface area (Å²) in [6, 6.07) is 45.9. The summed E-state index contributed by atoms with van der Waals surface area (Å²) in [5.41, 5.74) is 11.5. The Balaban J connectivity index is 1.21. The highest BCUT2D eigenvalue weighted by atomic mass is 31.1. The molecule has 0 radical (unpaired) electrons. The van der Waals surface area contributed by atoms with Crippen LogP contribution in [0.4, 0.5) is 22.7 Å². The Labute approximate surface area is 269 Å². The Morgan fingerprint density at radius 1 is 0.630 bits per heavy atom. The molecule has 0 fully saturated rings. The molecule has 2 aromatic heterocycles. The van der Waals surface area contributed by atoms with Gasteiger partial charge in [0.15, 0.2) is 11.5 Å². The third-order valence-corrected chi connectivity index (χ3v) is 11.6. The van der Waals surface area contributed by atoms with E-state index in [1.165, 1.54) is 50.3 Å². The van der Waals surface area contributed by atoms with Gasteiger partial charge >= 0.3 is 0 Å². The molecule has 0 bridgehead atoms. The second kappa shape index (κ2) is 10.7. The van der Waals surface area contributed by atoms with E-state index >= 15 is 0 Å². The molecular weight excluding hydrogens is 583 g/mol. The summed E-state index contributed by atoms with van der Waals surface area (Å²) in [5.74, 6) is 2.62. The molecule has 2 aliphatic rings. The molecule has 7 aromatic rings. The SMILES string of the molecule is C=Cc1c(C)oc2c1CCc1c-2oc2ccc(-c3ccc4c(c3)N(c3ccccc3)P(c3ccccc3)N4c3ccccc3)cc12. The zero-order valence-corrected chi connectivity index (χ0v) is 26.4. The molecule has 0 saturated heterocycles. The number of hydrogen-bond donors (Lipinski definition) is 0. The van der Waals surface area contributed by atoms with Crippen LogP contribution in [0.2, 0.25) is 0 Å². The predicted molar refractivity (Wildman–Crippen MR) is 192 cm³/mol. The Hall–Kier alpha value is -5.31. The molecule has 46 heavy (non-hydrogen) atoms. The highest BCUT2D eigenvalue weighted by molar-refractivity contribution is 7.70. The van der Waals surface area contributed by atoms with Gasteiger partial charge in [0.25, 0.3) is 0 Å². The number of aryl methyl sites for hydroxylation is 2. The van der Waals surface area contributed by atoms with Crippen LogP contribution < -0.4 is 14.6 Å². The Kier molecular flexibility index (Phi) is 6.26. The number of anilines is 4. The van der Waals surface area contributed by atoms with Crippen LogP contribution in [0.3, 0.4) is 0 Å². The Morgan fingerprint density at radius 2 is 1.22 bits per heavy atom. The van der Waals surface area contributed by atoms with Crippen molar-refractivity contribution >= 4 is 53.3 Å². The van der Waals surface area contributed by atoms with Gasteiger partial charge in [-0.1, -0.05) is 91.5 Å². The summed E-state index contributed by atoms with van der Waals surface area (Å²) >= 11 is 0.